The van der Waals surface area contributed by atoms with Crippen LogP contribution in [0.5, 0.6) is 0 Å². The van der Waals surface area contributed by atoms with E-state index >= 15 is 0 Å². The van der Waals surface area contributed by atoms with Crippen molar-refractivity contribution in [2.45, 2.75) is 51.0 Å². The maximum Gasteiger partial charge on any atom is 0.225 e. The van der Waals surface area contributed by atoms with Gasteiger partial charge in [0.1, 0.15) is 0 Å². The van der Waals surface area contributed by atoms with Gasteiger partial charge in [-0.05, 0) is 43.6 Å². The van der Waals surface area contributed by atoms with Gasteiger partial charge in [-0.3, -0.25) is 0 Å². The lowest BCUT2D eigenvalue weighted by molar-refractivity contribution is 0.457. The van der Waals surface area contributed by atoms with Crippen LogP contribution in [0.1, 0.15) is 49.8 Å². The lowest BCUT2D eigenvalue weighted by Gasteiger charge is -2.35. The molecule has 18 heavy (non-hydrogen) atoms. The number of nitrogens with zero attached hydrogens (tertiary/aromatic N) is 3. The van der Waals surface area contributed by atoms with Crippen LogP contribution in [0.2, 0.25) is 0 Å². The molecule has 1 saturated heterocycles. The second-order valence-corrected chi connectivity index (χ2v) is 5.60. The van der Waals surface area contributed by atoms with Crippen LogP contribution in [0, 0.1) is 0 Å². The third-order valence-electron chi connectivity index (χ3n) is 4.35. The standard InChI is InChI=1S/C14H22N4/c1-10-5-6-11-9-16-14(17-13(10)11)18-7-3-2-4-12(18)8-15/h9-10,12H,2-8,15H2,1H3. The Bertz CT molecular complexity index is 432. The summed E-state index contributed by atoms with van der Waals surface area (Å²) in [5.74, 6) is 1.49. The highest BCUT2D eigenvalue weighted by atomic mass is 15.3. The van der Waals surface area contributed by atoms with E-state index < -0.39 is 0 Å². The lowest BCUT2D eigenvalue weighted by Crippen LogP contribution is -2.45. The summed E-state index contributed by atoms with van der Waals surface area (Å²) >= 11 is 0. The SMILES string of the molecule is CC1CCc2cnc(N3CCCCC3CN)nc21. The Labute approximate surface area is 109 Å². The van der Waals surface area contributed by atoms with Gasteiger partial charge in [-0.2, -0.15) is 0 Å². The van der Waals surface area contributed by atoms with E-state index in [1.54, 1.807) is 0 Å². The van der Waals surface area contributed by atoms with E-state index in [1.165, 1.54) is 36.9 Å². The molecule has 2 atom stereocenters. The van der Waals surface area contributed by atoms with Crippen molar-refractivity contribution in [3.05, 3.63) is 17.5 Å². The molecule has 1 aromatic heterocycles. The average molecular weight is 246 g/mol. The monoisotopic (exact) mass is 246 g/mol. The van der Waals surface area contributed by atoms with Crippen molar-refractivity contribution < 1.29 is 0 Å². The van der Waals surface area contributed by atoms with Crippen molar-refractivity contribution in [2.75, 3.05) is 18.0 Å². The third-order valence-corrected chi connectivity index (χ3v) is 4.35. The van der Waals surface area contributed by atoms with Gasteiger partial charge in [0.05, 0.1) is 5.69 Å². The number of anilines is 1. The molecule has 4 nitrogen and oxygen atoms in total. The van der Waals surface area contributed by atoms with Gasteiger partial charge >= 0.3 is 0 Å². The maximum absolute atomic E-state index is 5.87. The highest BCUT2D eigenvalue weighted by molar-refractivity contribution is 5.38. The van der Waals surface area contributed by atoms with Crippen LogP contribution in [0.25, 0.3) is 0 Å². The fourth-order valence-corrected chi connectivity index (χ4v) is 3.19. The summed E-state index contributed by atoms with van der Waals surface area (Å²) in [5, 5.41) is 0. The first-order valence-corrected chi connectivity index (χ1v) is 7.12. The number of nitrogens with two attached hydrogens (primary N) is 1. The van der Waals surface area contributed by atoms with Gasteiger partial charge in [0, 0.05) is 25.3 Å². The Hall–Kier alpha value is -1.16. The van der Waals surface area contributed by atoms with E-state index in [2.05, 4.69) is 16.8 Å². The molecular weight excluding hydrogens is 224 g/mol. The van der Waals surface area contributed by atoms with Gasteiger partial charge in [0.25, 0.3) is 0 Å². The molecule has 0 radical (unpaired) electrons. The summed E-state index contributed by atoms with van der Waals surface area (Å²) in [5.41, 5.74) is 8.48. The minimum atomic E-state index is 0.425. The molecule has 2 heterocycles. The zero-order valence-corrected chi connectivity index (χ0v) is 11.1. The lowest BCUT2D eigenvalue weighted by atomic mass is 10.0. The Morgan fingerprint density at radius 1 is 1.39 bits per heavy atom. The predicted octanol–water partition coefficient (Wildman–Crippen LogP) is 1.84. The van der Waals surface area contributed by atoms with E-state index in [0.717, 1.165) is 18.9 Å². The highest BCUT2D eigenvalue weighted by Gasteiger charge is 2.26. The van der Waals surface area contributed by atoms with Gasteiger partial charge in [0.2, 0.25) is 5.95 Å². The van der Waals surface area contributed by atoms with Crippen molar-refractivity contribution in [1.82, 2.24) is 9.97 Å². The van der Waals surface area contributed by atoms with E-state index in [0.29, 0.717) is 18.5 Å². The smallest absolute Gasteiger partial charge is 0.225 e. The molecule has 4 heteroatoms. The molecule has 1 aromatic rings. The number of rotatable bonds is 2. The van der Waals surface area contributed by atoms with Crippen molar-refractivity contribution in [3.63, 3.8) is 0 Å². The van der Waals surface area contributed by atoms with Crippen LogP contribution >= 0.6 is 0 Å². The maximum atomic E-state index is 5.87. The van der Waals surface area contributed by atoms with Crippen LogP contribution in [-0.4, -0.2) is 29.1 Å². The molecule has 1 aliphatic heterocycles. The number of hydrogen-bond acceptors (Lipinski definition) is 4. The molecule has 2 aliphatic rings. The summed E-state index contributed by atoms with van der Waals surface area (Å²) in [7, 11) is 0. The Kier molecular flexibility index (Phi) is 3.20. The molecule has 2 N–H and O–H groups in total. The molecular formula is C14H22N4. The zero-order valence-electron chi connectivity index (χ0n) is 11.1. The topological polar surface area (TPSA) is 55.0 Å². The van der Waals surface area contributed by atoms with E-state index in [-0.39, 0.29) is 0 Å². The Morgan fingerprint density at radius 3 is 3.11 bits per heavy atom. The van der Waals surface area contributed by atoms with Crippen LogP contribution in [-0.2, 0) is 6.42 Å². The second-order valence-electron chi connectivity index (χ2n) is 5.60. The highest BCUT2D eigenvalue weighted by Crippen LogP contribution is 2.32. The number of aromatic nitrogens is 2. The molecule has 0 spiro atoms. The van der Waals surface area contributed by atoms with E-state index in [4.69, 9.17) is 10.7 Å². The van der Waals surface area contributed by atoms with Crippen molar-refractivity contribution in [3.8, 4) is 0 Å². The quantitative estimate of drug-likeness (QED) is 0.865. The predicted molar refractivity (Wildman–Crippen MR) is 72.8 cm³/mol. The Morgan fingerprint density at radius 2 is 2.28 bits per heavy atom. The number of piperidine rings is 1. The summed E-state index contributed by atoms with van der Waals surface area (Å²) in [6.07, 6.45) is 8.06. The molecule has 3 rings (SSSR count). The van der Waals surface area contributed by atoms with Gasteiger partial charge in [-0.15, -0.1) is 0 Å². The number of aryl methyl sites for hydroxylation is 1. The van der Waals surface area contributed by atoms with E-state index in [9.17, 15) is 0 Å². The van der Waals surface area contributed by atoms with Crippen LogP contribution < -0.4 is 10.6 Å². The summed E-state index contributed by atoms with van der Waals surface area (Å²) < 4.78 is 0. The fraction of sp³-hybridized carbons (Fsp3) is 0.714. The van der Waals surface area contributed by atoms with Crippen molar-refractivity contribution in [1.29, 1.82) is 0 Å². The first-order chi connectivity index (χ1) is 8.79. The van der Waals surface area contributed by atoms with Gasteiger partial charge in [0.15, 0.2) is 0 Å². The first-order valence-electron chi connectivity index (χ1n) is 7.12. The van der Waals surface area contributed by atoms with Gasteiger partial charge in [-0.1, -0.05) is 6.92 Å². The molecule has 1 fully saturated rings. The summed E-state index contributed by atoms with van der Waals surface area (Å²) in [6, 6.07) is 0.425. The molecule has 98 valence electrons. The normalized spacial score (nSPS) is 27.3. The number of fused-ring (bicyclic) bond motifs is 1. The minimum Gasteiger partial charge on any atom is -0.337 e. The summed E-state index contributed by atoms with van der Waals surface area (Å²) in [4.78, 5) is 11.7. The molecule has 0 amide bonds. The third kappa shape index (κ3) is 1.99. The molecule has 1 aliphatic carbocycles. The average Bonchev–Trinajstić information content (AvgIpc) is 2.80. The zero-order chi connectivity index (χ0) is 12.5. The molecule has 0 bridgehead atoms. The number of hydrogen-bond donors (Lipinski definition) is 1. The van der Waals surface area contributed by atoms with Gasteiger partial charge < -0.3 is 10.6 Å². The molecule has 2 unspecified atom stereocenters. The second kappa shape index (κ2) is 4.84. The fourth-order valence-electron chi connectivity index (χ4n) is 3.19. The first kappa shape index (κ1) is 11.9. The largest absolute Gasteiger partial charge is 0.337 e. The molecule has 0 aromatic carbocycles. The van der Waals surface area contributed by atoms with Gasteiger partial charge in [-0.25, -0.2) is 9.97 Å². The van der Waals surface area contributed by atoms with Crippen molar-refractivity contribution >= 4 is 5.95 Å². The minimum absolute atomic E-state index is 0.425. The van der Waals surface area contributed by atoms with Crippen LogP contribution in [0.3, 0.4) is 0 Å². The van der Waals surface area contributed by atoms with E-state index in [1.807, 2.05) is 6.20 Å². The van der Waals surface area contributed by atoms with Crippen LogP contribution in [0.4, 0.5) is 5.95 Å². The van der Waals surface area contributed by atoms with Crippen LogP contribution in [0.15, 0.2) is 6.20 Å². The Balaban J connectivity index is 1.89. The van der Waals surface area contributed by atoms with Crippen molar-refractivity contribution in [2.24, 2.45) is 5.73 Å². The summed E-state index contributed by atoms with van der Waals surface area (Å²) in [6.45, 7) is 4.02. The molecule has 0 saturated carbocycles.